The quantitative estimate of drug-likeness (QED) is 0.882. The number of rotatable bonds is 6. The Morgan fingerprint density at radius 1 is 1.33 bits per heavy atom. The standard InChI is InChI=1S/C16H20N2O2S/c1-11(16-12(2)21-13(3)17-16)18(10-9-15(19)20)14-7-5-4-6-8-14/h4-8,11H,9-10H2,1-3H3,(H,19,20). The topological polar surface area (TPSA) is 53.4 Å². The minimum atomic E-state index is -0.783. The smallest absolute Gasteiger partial charge is 0.305 e. The normalized spacial score (nSPS) is 12.1. The highest BCUT2D eigenvalue weighted by molar-refractivity contribution is 7.11. The number of hydrogen-bond donors (Lipinski definition) is 1. The van der Waals surface area contributed by atoms with Gasteiger partial charge in [0.2, 0.25) is 0 Å². The fraction of sp³-hybridized carbons (Fsp3) is 0.375. The SMILES string of the molecule is Cc1nc(C(C)N(CCC(=O)O)c2ccccc2)c(C)s1. The second-order valence-corrected chi connectivity index (χ2v) is 6.43. The van der Waals surface area contributed by atoms with Gasteiger partial charge in [-0.05, 0) is 32.9 Å². The average molecular weight is 304 g/mol. The van der Waals surface area contributed by atoms with Gasteiger partial charge in [0.1, 0.15) is 0 Å². The van der Waals surface area contributed by atoms with Gasteiger partial charge in [-0.2, -0.15) is 0 Å². The first kappa shape index (κ1) is 15.5. The molecule has 112 valence electrons. The molecule has 1 heterocycles. The summed E-state index contributed by atoms with van der Waals surface area (Å²) in [6.07, 6.45) is 0.113. The van der Waals surface area contributed by atoms with Gasteiger partial charge in [0.05, 0.1) is 23.2 Å². The molecule has 0 saturated heterocycles. The fourth-order valence-electron chi connectivity index (χ4n) is 2.46. The first-order valence-electron chi connectivity index (χ1n) is 6.96. The lowest BCUT2D eigenvalue weighted by Crippen LogP contribution is -2.29. The van der Waals surface area contributed by atoms with E-state index in [1.165, 1.54) is 4.88 Å². The third-order valence-corrected chi connectivity index (χ3v) is 4.36. The number of aryl methyl sites for hydroxylation is 2. The molecule has 5 heteroatoms. The van der Waals surface area contributed by atoms with E-state index in [1.54, 1.807) is 11.3 Å². The van der Waals surface area contributed by atoms with Gasteiger partial charge < -0.3 is 10.0 Å². The van der Waals surface area contributed by atoms with E-state index in [-0.39, 0.29) is 12.5 Å². The molecule has 0 fully saturated rings. The summed E-state index contributed by atoms with van der Waals surface area (Å²) >= 11 is 1.68. The lowest BCUT2D eigenvalue weighted by molar-refractivity contribution is -0.136. The minimum Gasteiger partial charge on any atom is -0.481 e. The molecule has 0 bridgehead atoms. The van der Waals surface area contributed by atoms with E-state index in [0.717, 1.165) is 16.4 Å². The van der Waals surface area contributed by atoms with Crippen molar-refractivity contribution in [2.24, 2.45) is 0 Å². The van der Waals surface area contributed by atoms with Crippen LogP contribution in [0.15, 0.2) is 30.3 Å². The van der Waals surface area contributed by atoms with E-state index >= 15 is 0 Å². The highest BCUT2D eigenvalue weighted by atomic mass is 32.1. The molecular weight excluding hydrogens is 284 g/mol. The molecular formula is C16H20N2O2S. The third kappa shape index (κ3) is 3.82. The highest BCUT2D eigenvalue weighted by Gasteiger charge is 2.21. The monoisotopic (exact) mass is 304 g/mol. The summed E-state index contributed by atoms with van der Waals surface area (Å²) in [4.78, 5) is 18.8. The van der Waals surface area contributed by atoms with Crippen molar-refractivity contribution in [3.05, 3.63) is 45.9 Å². The molecule has 0 aliphatic heterocycles. The number of nitrogens with zero attached hydrogens (tertiary/aromatic N) is 2. The first-order chi connectivity index (χ1) is 9.99. The van der Waals surface area contributed by atoms with Crippen LogP contribution in [0.3, 0.4) is 0 Å². The van der Waals surface area contributed by atoms with E-state index < -0.39 is 5.97 Å². The van der Waals surface area contributed by atoms with Crippen LogP contribution in [0.1, 0.15) is 35.0 Å². The molecule has 0 radical (unpaired) electrons. The Kier molecular flexibility index (Phi) is 4.96. The number of anilines is 1. The molecule has 1 unspecified atom stereocenters. The van der Waals surface area contributed by atoms with Crippen molar-refractivity contribution in [3.8, 4) is 0 Å². The van der Waals surface area contributed by atoms with Gasteiger partial charge in [0.15, 0.2) is 0 Å². The van der Waals surface area contributed by atoms with Crippen LogP contribution in [-0.4, -0.2) is 22.6 Å². The average Bonchev–Trinajstić information content (AvgIpc) is 2.78. The van der Waals surface area contributed by atoms with E-state index in [4.69, 9.17) is 5.11 Å². The molecule has 0 amide bonds. The van der Waals surface area contributed by atoms with E-state index in [2.05, 4.69) is 23.7 Å². The predicted octanol–water partition coefficient (Wildman–Crippen LogP) is 3.80. The van der Waals surface area contributed by atoms with Gasteiger partial charge in [0, 0.05) is 17.1 Å². The number of carboxylic acid groups (broad SMARTS) is 1. The predicted molar refractivity (Wildman–Crippen MR) is 86.0 cm³/mol. The molecule has 2 aromatic rings. The molecule has 1 aromatic heterocycles. The van der Waals surface area contributed by atoms with Gasteiger partial charge >= 0.3 is 5.97 Å². The van der Waals surface area contributed by atoms with Gasteiger partial charge in [-0.25, -0.2) is 4.98 Å². The fourth-order valence-corrected chi connectivity index (χ4v) is 3.37. The third-order valence-electron chi connectivity index (χ3n) is 3.46. The highest BCUT2D eigenvalue weighted by Crippen LogP contribution is 2.30. The number of para-hydroxylation sites is 1. The van der Waals surface area contributed by atoms with Crippen molar-refractivity contribution in [1.29, 1.82) is 0 Å². The zero-order valence-electron chi connectivity index (χ0n) is 12.5. The molecule has 1 N–H and O–H groups in total. The van der Waals surface area contributed by atoms with E-state index in [9.17, 15) is 4.79 Å². The molecule has 0 aliphatic rings. The number of carbonyl (C=O) groups is 1. The molecule has 0 saturated carbocycles. The largest absolute Gasteiger partial charge is 0.481 e. The minimum absolute atomic E-state index is 0.0525. The van der Waals surface area contributed by atoms with Gasteiger partial charge in [-0.15, -0.1) is 11.3 Å². The zero-order valence-corrected chi connectivity index (χ0v) is 13.4. The van der Waals surface area contributed by atoms with Crippen LogP contribution in [0.2, 0.25) is 0 Å². The maximum absolute atomic E-state index is 10.9. The Labute approximate surface area is 129 Å². The van der Waals surface area contributed by atoms with Gasteiger partial charge in [0.25, 0.3) is 0 Å². The summed E-state index contributed by atoms with van der Waals surface area (Å²) in [5.74, 6) is -0.783. The van der Waals surface area contributed by atoms with Crippen LogP contribution in [0.5, 0.6) is 0 Å². The maximum Gasteiger partial charge on any atom is 0.305 e. The molecule has 4 nitrogen and oxygen atoms in total. The Balaban J connectivity index is 2.30. The van der Waals surface area contributed by atoms with Crippen molar-refractivity contribution >= 4 is 23.0 Å². The Morgan fingerprint density at radius 2 is 2.00 bits per heavy atom. The van der Waals surface area contributed by atoms with Gasteiger partial charge in [-0.1, -0.05) is 18.2 Å². The second-order valence-electron chi connectivity index (χ2n) is 5.02. The first-order valence-corrected chi connectivity index (χ1v) is 7.78. The van der Waals surface area contributed by atoms with Crippen LogP contribution in [0.25, 0.3) is 0 Å². The van der Waals surface area contributed by atoms with Crippen molar-refractivity contribution in [1.82, 2.24) is 4.98 Å². The van der Waals surface area contributed by atoms with Crippen molar-refractivity contribution in [3.63, 3.8) is 0 Å². The molecule has 1 aromatic carbocycles. The summed E-state index contributed by atoms with van der Waals surface area (Å²) in [6.45, 7) is 6.61. The van der Waals surface area contributed by atoms with Crippen LogP contribution < -0.4 is 4.90 Å². The lowest BCUT2D eigenvalue weighted by Gasteiger charge is -2.30. The summed E-state index contributed by atoms with van der Waals surface area (Å²) in [5.41, 5.74) is 2.06. The number of thiazole rings is 1. The number of benzene rings is 1. The molecule has 21 heavy (non-hydrogen) atoms. The lowest BCUT2D eigenvalue weighted by atomic mass is 10.1. The van der Waals surface area contributed by atoms with Crippen LogP contribution >= 0.6 is 11.3 Å². The maximum atomic E-state index is 10.9. The number of carboxylic acids is 1. The van der Waals surface area contributed by atoms with Crippen molar-refractivity contribution in [2.45, 2.75) is 33.2 Å². The summed E-state index contributed by atoms with van der Waals surface area (Å²) in [7, 11) is 0. The summed E-state index contributed by atoms with van der Waals surface area (Å²) in [6, 6.07) is 9.96. The number of aliphatic carboxylic acids is 1. The molecule has 1 atom stereocenters. The van der Waals surface area contributed by atoms with Crippen LogP contribution in [0.4, 0.5) is 5.69 Å². The Morgan fingerprint density at radius 3 is 2.52 bits per heavy atom. The molecule has 0 aliphatic carbocycles. The van der Waals surface area contributed by atoms with Crippen molar-refractivity contribution < 1.29 is 9.90 Å². The molecule has 2 rings (SSSR count). The number of hydrogen-bond acceptors (Lipinski definition) is 4. The van der Waals surface area contributed by atoms with Crippen LogP contribution in [0, 0.1) is 13.8 Å². The summed E-state index contributed by atoms with van der Waals surface area (Å²) < 4.78 is 0. The van der Waals surface area contributed by atoms with Crippen molar-refractivity contribution in [2.75, 3.05) is 11.4 Å². The zero-order chi connectivity index (χ0) is 15.4. The van der Waals surface area contributed by atoms with E-state index in [0.29, 0.717) is 6.54 Å². The Bertz CT molecular complexity index is 610. The molecule has 0 spiro atoms. The van der Waals surface area contributed by atoms with Gasteiger partial charge in [-0.3, -0.25) is 4.79 Å². The summed E-state index contributed by atoms with van der Waals surface area (Å²) in [5, 5.41) is 10.0. The Hall–Kier alpha value is -1.88. The second kappa shape index (κ2) is 6.72. The van der Waals surface area contributed by atoms with Crippen LogP contribution in [-0.2, 0) is 4.79 Å². The number of aromatic nitrogens is 1. The van der Waals surface area contributed by atoms with E-state index in [1.807, 2.05) is 37.3 Å².